The van der Waals surface area contributed by atoms with Gasteiger partial charge in [-0.25, -0.2) is 4.79 Å². The van der Waals surface area contributed by atoms with Crippen molar-refractivity contribution in [2.45, 2.75) is 0 Å². The third-order valence-electron chi connectivity index (χ3n) is 2.76. The number of likely N-dealkylation sites (N-methyl/N-ethyl adjacent to an activating group) is 1. The average Bonchev–Trinajstić information content (AvgIpc) is 2.77. The first-order chi connectivity index (χ1) is 9.58. The number of nitrogens with one attached hydrogen (secondary N) is 1. The minimum atomic E-state index is -0.452. The van der Waals surface area contributed by atoms with Crippen molar-refractivity contribution in [1.82, 2.24) is 10.2 Å². The normalized spacial score (nSPS) is 16.5. The Morgan fingerprint density at radius 2 is 2.05 bits per heavy atom. The lowest BCUT2D eigenvalue weighted by molar-refractivity contribution is -0.136. The van der Waals surface area contributed by atoms with Crippen molar-refractivity contribution in [3.8, 4) is 0 Å². The van der Waals surface area contributed by atoms with Crippen LogP contribution in [0.25, 0.3) is 0 Å². The van der Waals surface area contributed by atoms with E-state index in [1.165, 1.54) is 0 Å². The van der Waals surface area contributed by atoms with E-state index in [0.29, 0.717) is 16.3 Å². The summed E-state index contributed by atoms with van der Waals surface area (Å²) in [7, 11) is 3.97. The number of halogens is 1. The molecule has 0 saturated carbocycles. The molecule has 1 aromatic carbocycles. The summed E-state index contributed by atoms with van der Waals surface area (Å²) in [6.07, 6.45) is 1.65. The molecule has 5 nitrogen and oxygen atoms in total. The van der Waals surface area contributed by atoms with Crippen molar-refractivity contribution in [2.24, 2.45) is 5.16 Å². The van der Waals surface area contributed by atoms with E-state index in [1.807, 2.05) is 19.0 Å². The summed E-state index contributed by atoms with van der Waals surface area (Å²) in [4.78, 5) is 18.5. The number of oxime groups is 1. The van der Waals surface area contributed by atoms with Crippen LogP contribution < -0.4 is 5.32 Å². The third-order valence-corrected chi connectivity index (χ3v) is 3.01. The van der Waals surface area contributed by atoms with Crippen molar-refractivity contribution in [3.05, 3.63) is 46.6 Å². The van der Waals surface area contributed by atoms with Crippen LogP contribution in [0.4, 0.5) is 0 Å². The molecule has 0 saturated heterocycles. The molecular formula is C14H16ClN3O2. The maximum Gasteiger partial charge on any atom is 0.369 e. The fourth-order valence-electron chi connectivity index (χ4n) is 1.69. The molecule has 1 aliphatic rings. The van der Waals surface area contributed by atoms with Gasteiger partial charge in [-0.2, -0.15) is 0 Å². The van der Waals surface area contributed by atoms with Crippen molar-refractivity contribution in [3.63, 3.8) is 0 Å². The molecule has 6 heteroatoms. The number of hydrogen-bond acceptors (Lipinski definition) is 5. The Bertz CT molecular complexity index is 550. The summed E-state index contributed by atoms with van der Waals surface area (Å²) >= 11 is 5.85. The van der Waals surface area contributed by atoms with E-state index in [9.17, 15) is 4.79 Å². The summed E-state index contributed by atoms with van der Waals surface area (Å²) in [6.45, 7) is 1.60. The molecule has 20 heavy (non-hydrogen) atoms. The van der Waals surface area contributed by atoms with Gasteiger partial charge in [-0.05, 0) is 26.2 Å². The van der Waals surface area contributed by atoms with Crippen molar-refractivity contribution in [2.75, 3.05) is 27.2 Å². The number of nitrogens with zero attached hydrogens (tertiary/aromatic N) is 2. The van der Waals surface area contributed by atoms with E-state index in [-0.39, 0.29) is 0 Å². The minimum absolute atomic E-state index is 0.422. The van der Waals surface area contributed by atoms with Gasteiger partial charge < -0.3 is 15.1 Å². The highest BCUT2D eigenvalue weighted by atomic mass is 35.5. The molecule has 0 radical (unpaired) electrons. The molecule has 0 spiro atoms. The first-order valence-corrected chi connectivity index (χ1v) is 6.59. The molecule has 2 rings (SSSR count). The standard InChI is InChI=1S/C14H16ClN3O2/c1-18(2)8-7-16-9-12-13(17-20-14(12)19)10-3-5-11(15)6-4-10/h3-6,9,16H,7-8H2,1-2H3. The Balaban J connectivity index is 2.10. The van der Waals surface area contributed by atoms with Crippen LogP contribution in [-0.4, -0.2) is 43.8 Å². The number of carbonyl (C=O) groups excluding carboxylic acids is 1. The highest BCUT2D eigenvalue weighted by Crippen LogP contribution is 2.19. The van der Waals surface area contributed by atoms with Crippen LogP contribution in [0.15, 0.2) is 41.2 Å². The second kappa shape index (κ2) is 6.54. The highest BCUT2D eigenvalue weighted by Gasteiger charge is 2.26. The Hall–Kier alpha value is -1.85. The quantitative estimate of drug-likeness (QED) is 0.509. The molecule has 0 unspecified atom stereocenters. The predicted octanol–water partition coefficient (Wildman–Crippen LogP) is 1.64. The first-order valence-electron chi connectivity index (χ1n) is 6.22. The van der Waals surface area contributed by atoms with Gasteiger partial charge >= 0.3 is 5.97 Å². The second-order valence-corrected chi connectivity index (χ2v) is 5.08. The van der Waals surface area contributed by atoms with E-state index in [1.54, 1.807) is 30.5 Å². The fourth-order valence-corrected chi connectivity index (χ4v) is 1.81. The molecule has 1 aromatic rings. The highest BCUT2D eigenvalue weighted by molar-refractivity contribution is 6.31. The van der Waals surface area contributed by atoms with E-state index >= 15 is 0 Å². The molecule has 1 aliphatic heterocycles. The van der Waals surface area contributed by atoms with Crippen LogP contribution in [0, 0.1) is 0 Å². The molecule has 0 bridgehead atoms. The van der Waals surface area contributed by atoms with Crippen LogP contribution in [0.3, 0.4) is 0 Å². The molecule has 1 N–H and O–H groups in total. The van der Waals surface area contributed by atoms with E-state index in [0.717, 1.165) is 18.7 Å². The number of hydrogen-bond donors (Lipinski definition) is 1. The largest absolute Gasteiger partial charge is 0.389 e. The van der Waals surface area contributed by atoms with Crippen LogP contribution >= 0.6 is 11.6 Å². The smallest absolute Gasteiger partial charge is 0.369 e. The summed E-state index contributed by atoms with van der Waals surface area (Å²) in [5.74, 6) is -0.452. The van der Waals surface area contributed by atoms with E-state index < -0.39 is 5.97 Å². The molecule has 0 aliphatic carbocycles. The number of benzene rings is 1. The molecule has 0 aromatic heterocycles. The molecule has 106 valence electrons. The molecular weight excluding hydrogens is 278 g/mol. The molecule has 0 fully saturated rings. The van der Waals surface area contributed by atoms with E-state index in [2.05, 4.69) is 10.5 Å². The Labute approximate surface area is 122 Å². The molecule has 1 heterocycles. The Morgan fingerprint density at radius 1 is 1.35 bits per heavy atom. The molecule has 0 atom stereocenters. The monoisotopic (exact) mass is 293 g/mol. The van der Waals surface area contributed by atoms with Crippen LogP contribution in [0.1, 0.15) is 5.56 Å². The number of rotatable bonds is 5. The lowest BCUT2D eigenvalue weighted by atomic mass is 10.0. The fraction of sp³-hybridized carbons (Fsp3) is 0.286. The van der Waals surface area contributed by atoms with Gasteiger partial charge in [0, 0.05) is 29.9 Å². The van der Waals surface area contributed by atoms with Gasteiger partial charge in [-0.1, -0.05) is 28.9 Å². The zero-order chi connectivity index (χ0) is 14.5. The Morgan fingerprint density at radius 3 is 2.70 bits per heavy atom. The lowest BCUT2D eigenvalue weighted by Gasteiger charge is -2.09. The van der Waals surface area contributed by atoms with Gasteiger partial charge in [0.05, 0.1) is 0 Å². The first kappa shape index (κ1) is 14.6. The summed E-state index contributed by atoms with van der Waals surface area (Å²) < 4.78 is 0. The van der Waals surface area contributed by atoms with Crippen molar-refractivity contribution in [1.29, 1.82) is 0 Å². The van der Waals surface area contributed by atoms with Crippen molar-refractivity contribution < 1.29 is 9.63 Å². The van der Waals surface area contributed by atoms with Gasteiger partial charge in [0.15, 0.2) is 0 Å². The van der Waals surface area contributed by atoms with Crippen LogP contribution in [0.5, 0.6) is 0 Å². The summed E-state index contributed by atoms with van der Waals surface area (Å²) in [5.41, 5.74) is 1.73. The maximum atomic E-state index is 11.7. The average molecular weight is 294 g/mol. The van der Waals surface area contributed by atoms with Gasteiger partial charge in [0.2, 0.25) is 0 Å². The minimum Gasteiger partial charge on any atom is -0.389 e. The zero-order valence-corrected chi connectivity index (χ0v) is 12.1. The van der Waals surface area contributed by atoms with Gasteiger partial charge in [0.1, 0.15) is 11.3 Å². The zero-order valence-electron chi connectivity index (χ0n) is 11.4. The third kappa shape index (κ3) is 3.59. The lowest BCUT2D eigenvalue weighted by Crippen LogP contribution is -2.24. The number of carbonyl (C=O) groups is 1. The maximum absolute atomic E-state index is 11.7. The van der Waals surface area contributed by atoms with E-state index in [4.69, 9.17) is 16.4 Å². The van der Waals surface area contributed by atoms with Crippen LogP contribution in [-0.2, 0) is 9.63 Å². The summed E-state index contributed by atoms with van der Waals surface area (Å²) in [5, 5.41) is 7.54. The van der Waals surface area contributed by atoms with Gasteiger partial charge in [-0.3, -0.25) is 0 Å². The summed E-state index contributed by atoms with van der Waals surface area (Å²) in [6, 6.07) is 7.10. The SMILES string of the molecule is CN(C)CCNC=C1C(=O)ON=C1c1ccc(Cl)cc1. The van der Waals surface area contributed by atoms with Gasteiger partial charge in [-0.15, -0.1) is 0 Å². The van der Waals surface area contributed by atoms with Crippen molar-refractivity contribution >= 4 is 23.3 Å². The predicted molar refractivity (Wildman–Crippen MR) is 78.7 cm³/mol. The van der Waals surface area contributed by atoms with Gasteiger partial charge in [0.25, 0.3) is 0 Å². The molecule has 0 amide bonds. The Kier molecular flexibility index (Phi) is 4.76. The van der Waals surface area contributed by atoms with Crippen LogP contribution in [0.2, 0.25) is 5.02 Å². The topological polar surface area (TPSA) is 53.9 Å². The second-order valence-electron chi connectivity index (χ2n) is 4.64.